The predicted molar refractivity (Wildman–Crippen MR) is 149 cm³/mol. The Morgan fingerprint density at radius 1 is 0.583 bits per heavy atom. The minimum absolute atomic E-state index is 0.602. The molecule has 0 amide bonds. The number of hydrogen-bond donors (Lipinski definition) is 0. The molecule has 0 N–H and O–H groups in total. The van der Waals surface area contributed by atoms with Crippen LogP contribution in [-0.4, -0.2) is 0 Å². The quantitative estimate of drug-likeness (QED) is 0.214. The monoisotopic (exact) mass is 538 g/mol. The van der Waals surface area contributed by atoms with Crippen molar-refractivity contribution in [1.82, 2.24) is 0 Å². The molecule has 1 fully saturated rings. The fraction of sp³-hybridized carbons (Fsp3) is 0.143. The van der Waals surface area contributed by atoms with Crippen molar-refractivity contribution in [3.8, 4) is 11.1 Å². The second kappa shape index (κ2) is 7.74. The van der Waals surface area contributed by atoms with E-state index in [1.165, 1.54) is 46.8 Å². The molecule has 1 atom stereocenters. The summed E-state index contributed by atoms with van der Waals surface area (Å²) >= 11 is -2.76. The van der Waals surface area contributed by atoms with Gasteiger partial charge in [-0.05, 0) is 0 Å². The molecule has 5 aromatic rings. The van der Waals surface area contributed by atoms with Crippen LogP contribution in [0.2, 0.25) is 8.26 Å². The van der Waals surface area contributed by atoms with Crippen molar-refractivity contribution in [2.24, 2.45) is 0 Å². The van der Waals surface area contributed by atoms with Crippen LogP contribution in [-0.2, 0) is 20.3 Å². The molecule has 172 valence electrons. The molecular formula is C35H28Zr. The average molecular weight is 540 g/mol. The zero-order chi connectivity index (χ0) is 23.9. The molecule has 0 nitrogen and oxygen atoms in total. The Morgan fingerprint density at radius 3 is 1.92 bits per heavy atom. The Balaban J connectivity index is 1.38. The molecule has 0 spiro atoms. The number of aryl methyl sites for hydroxylation is 1. The van der Waals surface area contributed by atoms with Gasteiger partial charge in [-0.3, -0.25) is 0 Å². The summed E-state index contributed by atoms with van der Waals surface area (Å²) in [5, 5.41) is 2.76. The van der Waals surface area contributed by atoms with Crippen LogP contribution in [0.25, 0.3) is 33.5 Å². The first-order chi connectivity index (χ1) is 17.7. The second-order valence-corrected chi connectivity index (χ2v) is 22.4. The van der Waals surface area contributed by atoms with E-state index in [0.717, 1.165) is 0 Å². The van der Waals surface area contributed by atoms with Gasteiger partial charge in [-0.25, -0.2) is 0 Å². The van der Waals surface area contributed by atoms with Crippen LogP contribution in [0.1, 0.15) is 40.6 Å². The van der Waals surface area contributed by atoms with Crippen LogP contribution in [0, 0.1) is 6.92 Å². The minimum atomic E-state index is -2.76. The Hall–Kier alpha value is -3.02. The van der Waals surface area contributed by atoms with Crippen molar-refractivity contribution < 1.29 is 20.3 Å². The molecule has 1 heteroatoms. The maximum absolute atomic E-state index is 2.76. The van der Waals surface area contributed by atoms with Crippen molar-refractivity contribution in [2.75, 3.05) is 0 Å². The van der Waals surface area contributed by atoms with Gasteiger partial charge < -0.3 is 0 Å². The normalized spacial score (nSPS) is 19.0. The SMILES string of the molecule is Cc1cc(C2=Cc3ccccc3[CH]2[Zr]2([CH]3c4ccccc4-c4ccccc43)[CH2][CH2]2)c2ccccc2c1. The first-order valence-corrected chi connectivity index (χ1v) is 19.5. The predicted octanol–water partition coefficient (Wildman–Crippen LogP) is 9.52. The first kappa shape index (κ1) is 21.1. The van der Waals surface area contributed by atoms with Gasteiger partial charge >= 0.3 is 219 Å². The number of hydrogen-bond acceptors (Lipinski definition) is 0. The third-order valence-electron chi connectivity index (χ3n) is 9.06. The molecule has 0 aromatic heterocycles. The number of fused-ring (bicyclic) bond motifs is 5. The van der Waals surface area contributed by atoms with Crippen LogP contribution in [0.3, 0.4) is 0 Å². The molecule has 2 aliphatic carbocycles. The summed E-state index contributed by atoms with van der Waals surface area (Å²) in [6.45, 7) is 2.26. The Bertz CT molecular complexity index is 1670. The molecule has 5 aromatic carbocycles. The Labute approximate surface area is 217 Å². The van der Waals surface area contributed by atoms with Crippen molar-refractivity contribution in [3.05, 3.63) is 143 Å². The van der Waals surface area contributed by atoms with E-state index >= 15 is 0 Å². The summed E-state index contributed by atoms with van der Waals surface area (Å²) in [6.07, 6.45) is 2.56. The van der Waals surface area contributed by atoms with E-state index in [1.54, 1.807) is 22.3 Å². The van der Waals surface area contributed by atoms with Crippen LogP contribution >= 0.6 is 0 Å². The molecule has 0 bridgehead atoms. The zero-order valence-electron chi connectivity index (χ0n) is 20.5. The molecule has 1 aliphatic heterocycles. The van der Waals surface area contributed by atoms with Gasteiger partial charge in [0.1, 0.15) is 0 Å². The molecule has 36 heavy (non-hydrogen) atoms. The van der Waals surface area contributed by atoms with E-state index in [1.807, 2.05) is 0 Å². The fourth-order valence-corrected chi connectivity index (χ4v) is 24.7. The molecule has 1 heterocycles. The molecule has 0 saturated carbocycles. The third-order valence-corrected chi connectivity index (χ3v) is 21.8. The zero-order valence-corrected chi connectivity index (χ0v) is 23.0. The van der Waals surface area contributed by atoms with Gasteiger partial charge in [-0.15, -0.1) is 0 Å². The van der Waals surface area contributed by atoms with Crippen LogP contribution in [0.15, 0.2) is 109 Å². The van der Waals surface area contributed by atoms with Gasteiger partial charge in [0.05, 0.1) is 0 Å². The summed E-state index contributed by atoms with van der Waals surface area (Å²) in [5.74, 6) is 0. The van der Waals surface area contributed by atoms with Crippen LogP contribution in [0.4, 0.5) is 0 Å². The van der Waals surface area contributed by atoms with E-state index in [-0.39, 0.29) is 0 Å². The number of rotatable bonds is 3. The summed E-state index contributed by atoms with van der Waals surface area (Å²) in [4.78, 5) is 0. The van der Waals surface area contributed by atoms with Gasteiger partial charge in [0.2, 0.25) is 0 Å². The van der Waals surface area contributed by atoms with Crippen LogP contribution < -0.4 is 0 Å². The molecule has 1 unspecified atom stereocenters. The first-order valence-electron chi connectivity index (χ1n) is 13.2. The molecule has 0 radical (unpaired) electrons. The van der Waals surface area contributed by atoms with Crippen LogP contribution in [0.5, 0.6) is 0 Å². The summed E-state index contributed by atoms with van der Waals surface area (Å²) in [6, 6.07) is 41.7. The second-order valence-electron chi connectivity index (χ2n) is 11.0. The van der Waals surface area contributed by atoms with Crippen molar-refractivity contribution in [3.63, 3.8) is 0 Å². The summed E-state index contributed by atoms with van der Waals surface area (Å²) in [5.41, 5.74) is 13.7. The van der Waals surface area contributed by atoms with Gasteiger partial charge in [-0.2, -0.15) is 0 Å². The topological polar surface area (TPSA) is 0 Å². The fourth-order valence-electron chi connectivity index (χ4n) is 7.54. The number of benzene rings is 5. The van der Waals surface area contributed by atoms with Crippen molar-refractivity contribution in [1.29, 1.82) is 0 Å². The average Bonchev–Trinajstić information content (AvgIpc) is 3.48. The van der Waals surface area contributed by atoms with Crippen molar-refractivity contribution in [2.45, 2.75) is 22.4 Å². The van der Waals surface area contributed by atoms with E-state index in [2.05, 4.69) is 122 Å². The Morgan fingerprint density at radius 2 is 1.19 bits per heavy atom. The third kappa shape index (κ3) is 2.90. The van der Waals surface area contributed by atoms with Gasteiger partial charge in [0, 0.05) is 0 Å². The van der Waals surface area contributed by atoms with Gasteiger partial charge in [-0.1, -0.05) is 0 Å². The molecule has 3 aliphatic rings. The Kier molecular flexibility index (Phi) is 4.54. The molecular weight excluding hydrogens is 512 g/mol. The standard InChI is InChI=1S/C20H15.C13H9.C2H4.Zr/c1-14-10-17-8-4-5-9-19(17)20(11-14)18-12-15-6-2-3-7-16(15)13-18;1-3-7-12-10(5-1)9-11-6-2-4-8-13(11)12;1-2;/h2-13H,1H3;1-9H;1-2H2;. The number of allylic oxidation sites excluding steroid dienone is 1. The summed E-state index contributed by atoms with van der Waals surface area (Å²) in [7, 11) is 0. The van der Waals surface area contributed by atoms with E-state index in [4.69, 9.17) is 0 Å². The summed E-state index contributed by atoms with van der Waals surface area (Å²) < 4.78 is 4.19. The van der Waals surface area contributed by atoms with E-state index in [9.17, 15) is 0 Å². The van der Waals surface area contributed by atoms with Gasteiger partial charge in [0.25, 0.3) is 0 Å². The van der Waals surface area contributed by atoms with Gasteiger partial charge in [0.15, 0.2) is 0 Å². The van der Waals surface area contributed by atoms with Crippen molar-refractivity contribution >= 4 is 22.4 Å². The molecule has 1 saturated heterocycles. The van der Waals surface area contributed by atoms with E-state index < -0.39 is 20.3 Å². The van der Waals surface area contributed by atoms with E-state index in [0.29, 0.717) is 7.25 Å². The maximum atomic E-state index is 2.56. The molecule has 8 rings (SSSR count).